The molecule has 65 heavy (non-hydrogen) atoms. The van der Waals surface area contributed by atoms with Gasteiger partial charge in [0.25, 0.3) is 0 Å². The van der Waals surface area contributed by atoms with Crippen LogP contribution in [-0.2, 0) is 23.8 Å². The molecule has 1 aromatic heterocycles. The smallest absolute Gasteiger partial charge is 0.407 e. The Morgan fingerprint density at radius 1 is 0.846 bits per heavy atom. The number of aromatic nitrogens is 2. The Bertz CT molecular complexity index is 2490. The third-order valence-corrected chi connectivity index (χ3v) is 15.2. The number of piperidine rings is 1. The number of alkyl carbamates (subject to hydrolysis) is 2. The first-order chi connectivity index (χ1) is 31.5. The third-order valence-electron chi connectivity index (χ3n) is 15.2. The number of hydrogen-bond donors (Lipinski definition) is 4. The van der Waals surface area contributed by atoms with Gasteiger partial charge in [-0.1, -0.05) is 62.4 Å². The molecule has 4 unspecified atom stereocenters. The van der Waals surface area contributed by atoms with Crippen LogP contribution in [0.25, 0.3) is 33.2 Å². The van der Waals surface area contributed by atoms with E-state index in [1.165, 1.54) is 14.2 Å². The molecule has 15 nitrogen and oxygen atoms in total. The fraction of sp³-hybridized carbons (Fsp3) is 0.520. The fourth-order valence-corrected chi connectivity index (χ4v) is 11.4. The second kappa shape index (κ2) is 17.4. The summed E-state index contributed by atoms with van der Waals surface area (Å²) in [7, 11) is 2.64. The van der Waals surface area contributed by atoms with E-state index >= 15 is 0 Å². The van der Waals surface area contributed by atoms with Crippen molar-refractivity contribution in [2.24, 2.45) is 28.2 Å². The van der Waals surface area contributed by atoms with Crippen LogP contribution in [0.1, 0.15) is 88.7 Å². The molecule has 3 saturated heterocycles. The SMILES string of the molecule is COC(=O)N[C@H](C(=O)N1CC2(CC2)C[C@H]1c1ncc(-c2ccc3cc(-c4ccc(C5CN=C(C6C7CCC(C7)N6C(=O)[C@@H](NC(=O)OC)C6CCOCC6)N5)cc4)ccc3c2)[nH]1)C(C)C. The number of aromatic amines is 1. The maximum atomic E-state index is 14.4. The zero-order valence-electron chi connectivity index (χ0n) is 37.7. The van der Waals surface area contributed by atoms with Gasteiger partial charge in [-0.25, -0.2) is 14.6 Å². The number of likely N-dealkylation sites (tertiary alicyclic amines) is 2. The summed E-state index contributed by atoms with van der Waals surface area (Å²) in [6, 6.07) is 20.1. The number of methoxy groups -OCH3 is 2. The molecule has 342 valence electrons. The molecule has 4 N–H and O–H groups in total. The summed E-state index contributed by atoms with van der Waals surface area (Å²) in [4.78, 5) is 70.3. The Hall–Kier alpha value is -5.96. The average molecular weight is 885 g/mol. The number of benzene rings is 3. The van der Waals surface area contributed by atoms with Crippen LogP contribution >= 0.6 is 0 Å². The van der Waals surface area contributed by atoms with E-state index in [1.807, 2.05) is 29.8 Å². The molecule has 4 aromatic rings. The Morgan fingerprint density at radius 2 is 1.54 bits per heavy atom. The number of amidine groups is 1. The van der Waals surface area contributed by atoms with Crippen LogP contribution in [-0.4, -0.2) is 114 Å². The molecule has 15 heteroatoms. The average Bonchev–Trinajstić information content (AvgIpc) is 3.97. The van der Waals surface area contributed by atoms with Crippen molar-refractivity contribution < 1.29 is 33.4 Å². The molecule has 1 spiro atoms. The van der Waals surface area contributed by atoms with Gasteiger partial charge in [0.05, 0.1) is 50.8 Å². The largest absolute Gasteiger partial charge is 0.453 e. The minimum atomic E-state index is -0.687. The van der Waals surface area contributed by atoms with Gasteiger partial charge in [-0.05, 0) is 114 Å². The molecule has 5 fully saturated rings. The number of aliphatic imine (C=N–C) groups is 1. The molecule has 10 rings (SSSR count). The maximum absolute atomic E-state index is 14.4. The zero-order valence-corrected chi connectivity index (χ0v) is 37.7. The van der Waals surface area contributed by atoms with Crippen LogP contribution in [0.5, 0.6) is 0 Å². The van der Waals surface area contributed by atoms with Crippen LogP contribution in [0.2, 0.25) is 0 Å². The molecular formula is C50H60N8O7. The van der Waals surface area contributed by atoms with Crippen LogP contribution in [0, 0.1) is 23.2 Å². The number of amides is 4. The molecular weight excluding hydrogens is 825 g/mol. The van der Waals surface area contributed by atoms with Crippen molar-refractivity contribution in [2.45, 2.75) is 101 Å². The predicted octanol–water partition coefficient (Wildman–Crippen LogP) is 6.90. The summed E-state index contributed by atoms with van der Waals surface area (Å²) in [5, 5.41) is 11.6. The summed E-state index contributed by atoms with van der Waals surface area (Å²) in [6.45, 7) is 6.26. The zero-order chi connectivity index (χ0) is 45.0. The normalized spacial score (nSPS) is 25.4. The highest BCUT2D eigenvalue weighted by molar-refractivity contribution is 5.96. The second-order valence-electron chi connectivity index (χ2n) is 19.5. The van der Waals surface area contributed by atoms with E-state index in [0.29, 0.717) is 45.1 Å². The van der Waals surface area contributed by atoms with Gasteiger partial charge in [-0.15, -0.1) is 0 Å². The highest BCUT2D eigenvalue weighted by atomic mass is 16.5. The number of H-pyrrole nitrogens is 1. The van der Waals surface area contributed by atoms with Crippen molar-refractivity contribution in [1.82, 2.24) is 35.7 Å². The van der Waals surface area contributed by atoms with Crippen LogP contribution in [0.4, 0.5) is 9.59 Å². The summed E-state index contributed by atoms with van der Waals surface area (Å²) in [5.41, 5.74) is 5.40. The molecule has 7 atom stereocenters. The number of carbonyl (C=O) groups is 4. The lowest BCUT2D eigenvalue weighted by Crippen LogP contribution is -2.59. The van der Waals surface area contributed by atoms with Gasteiger partial charge in [-0.2, -0.15) is 0 Å². The van der Waals surface area contributed by atoms with E-state index in [-0.39, 0.29) is 53.2 Å². The standard InChI is InChI=1S/C50H60N8O7/c1-28(2)41(55-48(61)63-3)46(59)57-27-50(17-18-50)24-40(57)44-51-26-39(53-44)35-12-11-33-21-32(9-10-34(33)22-35)29-5-7-30(8-6-29)38-25-52-45(54-38)43-36-13-14-37(23-36)58(43)47(60)42(56-49(62)64-4)31-15-19-65-20-16-31/h5-12,21-22,26,28,31,36-38,40-43H,13-20,23-25,27H2,1-4H3,(H,51,53)(H,52,54)(H,55,61)(H,56,62)/t36?,37?,38?,40-,41-,42-,43?/m0/s1. The number of rotatable bonds is 11. The van der Waals surface area contributed by atoms with Gasteiger partial charge >= 0.3 is 12.2 Å². The van der Waals surface area contributed by atoms with E-state index in [9.17, 15) is 19.2 Å². The first-order valence-electron chi connectivity index (χ1n) is 23.4. The summed E-state index contributed by atoms with van der Waals surface area (Å²) in [5.74, 6) is 1.71. The van der Waals surface area contributed by atoms with Crippen LogP contribution in [0.3, 0.4) is 0 Å². The lowest BCUT2D eigenvalue weighted by atomic mass is 9.89. The third kappa shape index (κ3) is 8.32. The van der Waals surface area contributed by atoms with E-state index in [2.05, 4.69) is 81.6 Å². The predicted molar refractivity (Wildman–Crippen MR) is 245 cm³/mol. The van der Waals surface area contributed by atoms with Crippen LogP contribution in [0.15, 0.2) is 71.9 Å². The molecule has 5 heterocycles. The minimum Gasteiger partial charge on any atom is -0.453 e. The Balaban J connectivity index is 0.805. The van der Waals surface area contributed by atoms with Crippen LogP contribution < -0.4 is 16.0 Å². The number of ether oxygens (including phenoxy) is 3. The number of nitrogens with one attached hydrogen (secondary N) is 4. The fourth-order valence-electron chi connectivity index (χ4n) is 11.4. The molecule has 2 bridgehead atoms. The lowest BCUT2D eigenvalue weighted by Gasteiger charge is -2.40. The van der Waals surface area contributed by atoms with Gasteiger partial charge in [0.2, 0.25) is 11.8 Å². The summed E-state index contributed by atoms with van der Waals surface area (Å²) >= 11 is 0. The van der Waals surface area contributed by atoms with Gasteiger partial charge in [0.1, 0.15) is 23.7 Å². The highest BCUT2D eigenvalue weighted by Gasteiger charge is 2.56. The number of hydrogen-bond acceptors (Lipinski definition) is 10. The maximum Gasteiger partial charge on any atom is 0.407 e. The number of carbonyl (C=O) groups excluding carboxylic acids is 4. The van der Waals surface area contributed by atoms with Crippen molar-refractivity contribution in [1.29, 1.82) is 0 Å². The Labute approximate surface area is 379 Å². The quantitative estimate of drug-likeness (QED) is 0.125. The van der Waals surface area contributed by atoms with Gasteiger partial charge in [0, 0.05) is 31.4 Å². The molecule has 2 saturated carbocycles. The highest BCUT2D eigenvalue weighted by Crippen LogP contribution is 2.58. The molecule has 2 aliphatic carbocycles. The van der Waals surface area contributed by atoms with Crippen molar-refractivity contribution in [2.75, 3.05) is 40.5 Å². The van der Waals surface area contributed by atoms with Crippen molar-refractivity contribution >= 4 is 40.6 Å². The first-order valence-corrected chi connectivity index (χ1v) is 23.4. The molecule has 3 aromatic carbocycles. The molecule has 4 aliphatic heterocycles. The molecule has 6 aliphatic rings. The van der Waals surface area contributed by atoms with Crippen molar-refractivity contribution in [3.8, 4) is 22.4 Å². The Morgan fingerprint density at radius 3 is 2.25 bits per heavy atom. The number of nitrogens with zero attached hydrogens (tertiary/aromatic N) is 4. The molecule has 4 amide bonds. The van der Waals surface area contributed by atoms with Gasteiger partial charge < -0.3 is 44.9 Å². The van der Waals surface area contributed by atoms with Gasteiger partial charge in [-0.3, -0.25) is 14.6 Å². The first kappa shape index (κ1) is 43.0. The van der Waals surface area contributed by atoms with E-state index < -0.39 is 24.3 Å². The van der Waals surface area contributed by atoms with Crippen molar-refractivity contribution in [3.05, 3.63) is 78.2 Å². The molecule has 0 radical (unpaired) electrons. The van der Waals surface area contributed by atoms with E-state index in [1.54, 1.807) is 0 Å². The summed E-state index contributed by atoms with van der Waals surface area (Å²) < 4.78 is 15.4. The number of fused-ring (bicyclic) bond motifs is 3. The van der Waals surface area contributed by atoms with Gasteiger partial charge in [0.15, 0.2) is 0 Å². The van der Waals surface area contributed by atoms with Crippen molar-refractivity contribution in [3.63, 3.8) is 0 Å². The monoisotopic (exact) mass is 884 g/mol. The van der Waals surface area contributed by atoms with E-state index in [4.69, 9.17) is 24.2 Å². The summed E-state index contributed by atoms with van der Waals surface area (Å²) in [6.07, 6.45) is 8.09. The Kier molecular flexibility index (Phi) is 11.5. The number of imidazole rings is 1. The lowest BCUT2D eigenvalue weighted by molar-refractivity contribution is -0.138. The minimum absolute atomic E-state index is 0.000205. The second-order valence-corrected chi connectivity index (χ2v) is 19.5. The topological polar surface area (TPSA) is 180 Å². The van der Waals surface area contributed by atoms with E-state index in [0.717, 1.165) is 88.9 Å².